The summed E-state index contributed by atoms with van der Waals surface area (Å²) >= 11 is 3.27. The molecule has 0 heterocycles. The van der Waals surface area contributed by atoms with E-state index in [2.05, 4.69) is 26.0 Å². The first-order valence-corrected chi connectivity index (χ1v) is 15.0. The number of rotatable bonds is 12. The molecule has 0 unspecified atom stereocenters. The topological polar surface area (TPSA) is 102 Å². The van der Waals surface area contributed by atoms with Crippen molar-refractivity contribution in [1.29, 1.82) is 0 Å². The average molecular weight is 622 g/mol. The number of sulfonamides is 1. The second-order valence-corrected chi connectivity index (χ2v) is 11.7. The van der Waals surface area contributed by atoms with Crippen molar-refractivity contribution in [3.05, 3.63) is 136 Å². The molecule has 9 heteroatoms. The molecule has 4 rings (SSSR count). The Bertz CT molecular complexity index is 1520. The first kappa shape index (κ1) is 29.2. The molecular formula is C31H29BrN2O5S. The summed E-state index contributed by atoms with van der Waals surface area (Å²) in [5, 5.41) is 2.95. The molecule has 40 heavy (non-hydrogen) atoms. The Labute approximate surface area is 242 Å². The van der Waals surface area contributed by atoms with Gasteiger partial charge >= 0.3 is 5.97 Å². The third kappa shape index (κ3) is 8.35. The number of ether oxygens (including phenoxy) is 1. The van der Waals surface area contributed by atoms with E-state index in [0.29, 0.717) is 16.5 Å². The number of hydrogen-bond acceptors (Lipinski definition) is 5. The van der Waals surface area contributed by atoms with Crippen molar-refractivity contribution in [2.45, 2.75) is 29.8 Å². The van der Waals surface area contributed by atoms with Crippen LogP contribution in [0.2, 0.25) is 0 Å². The maximum atomic E-state index is 13.4. The van der Waals surface area contributed by atoms with Crippen LogP contribution in [0.1, 0.15) is 21.5 Å². The number of esters is 1. The SMILES string of the molecule is O=C(N[C@@H](COC(=O)[C@H](Cc1ccccc1)NS(=O)(=O)c1ccccc1Br)Cc1ccccc1)c1ccccc1. The third-order valence-electron chi connectivity index (χ3n) is 6.11. The Morgan fingerprint density at radius 3 is 1.85 bits per heavy atom. The van der Waals surface area contributed by atoms with E-state index in [-0.39, 0.29) is 23.8 Å². The van der Waals surface area contributed by atoms with Crippen LogP contribution in [0.4, 0.5) is 0 Å². The summed E-state index contributed by atoms with van der Waals surface area (Å²) in [5.41, 5.74) is 2.19. The third-order valence-corrected chi connectivity index (χ3v) is 8.60. The van der Waals surface area contributed by atoms with Gasteiger partial charge in [0.25, 0.3) is 5.91 Å². The molecule has 0 bridgehead atoms. The molecule has 0 fully saturated rings. The molecule has 0 radical (unpaired) electrons. The Kier molecular flexibility index (Phi) is 10.2. The molecule has 206 valence electrons. The summed E-state index contributed by atoms with van der Waals surface area (Å²) < 4.78 is 35.0. The predicted octanol–water partition coefficient (Wildman–Crippen LogP) is 4.92. The monoisotopic (exact) mass is 620 g/mol. The summed E-state index contributed by atoms with van der Waals surface area (Å²) in [5.74, 6) is -1.04. The molecule has 0 spiro atoms. The normalized spacial score (nSPS) is 12.7. The van der Waals surface area contributed by atoms with Crippen LogP contribution in [0.15, 0.2) is 125 Å². The number of carbonyl (C=O) groups is 2. The van der Waals surface area contributed by atoms with Gasteiger partial charge in [-0.3, -0.25) is 9.59 Å². The molecule has 0 aromatic heterocycles. The lowest BCUT2D eigenvalue weighted by Gasteiger charge is -2.22. The Balaban J connectivity index is 1.52. The van der Waals surface area contributed by atoms with E-state index in [4.69, 9.17) is 4.74 Å². The molecule has 4 aromatic rings. The van der Waals surface area contributed by atoms with Crippen molar-refractivity contribution in [2.75, 3.05) is 6.61 Å². The lowest BCUT2D eigenvalue weighted by molar-refractivity contribution is -0.146. The maximum Gasteiger partial charge on any atom is 0.324 e. The molecule has 2 atom stereocenters. The second kappa shape index (κ2) is 14.0. The van der Waals surface area contributed by atoms with Gasteiger partial charge in [-0.05, 0) is 64.2 Å². The van der Waals surface area contributed by atoms with Gasteiger partial charge in [-0.25, -0.2) is 8.42 Å². The van der Waals surface area contributed by atoms with Crippen molar-refractivity contribution in [3.8, 4) is 0 Å². The zero-order chi connectivity index (χ0) is 28.4. The number of halogens is 1. The number of hydrogen-bond donors (Lipinski definition) is 2. The molecule has 0 saturated heterocycles. The summed E-state index contributed by atoms with van der Waals surface area (Å²) in [6, 6.07) is 32.0. The van der Waals surface area contributed by atoms with E-state index >= 15 is 0 Å². The van der Waals surface area contributed by atoms with Crippen molar-refractivity contribution in [1.82, 2.24) is 10.0 Å². The predicted molar refractivity (Wildman–Crippen MR) is 157 cm³/mol. The zero-order valence-electron chi connectivity index (χ0n) is 21.6. The highest BCUT2D eigenvalue weighted by Crippen LogP contribution is 2.22. The van der Waals surface area contributed by atoms with Gasteiger partial charge in [0, 0.05) is 10.0 Å². The minimum atomic E-state index is -4.06. The Morgan fingerprint density at radius 2 is 1.25 bits per heavy atom. The van der Waals surface area contributed by atoms with Gasteiger partial charge in [-0.15, -0.1) is 0 Å². The van der Waals surface area contributed by atoms with E-state index in [1.807, 2.05) is 66.7 Å². The Hall–Kier alpha value is -3.79. The van der Waals surface area contributed by atoms with Crippen molar-refractivity contribution < 1.29 is 22.7 Å². The van der Waals surface area contributed by atoms with Crippen LogP contribution in [0.5, 0.6) is 0 Å². The second-order valence-electron chi connectivity index (χ2n) is 9.15. The quantitative estimate of drug-likeness (QED) is 0.219. The highest BCUT2D eigenvalue weighted by molar-refractivity contribution is 9.10. The van der Waals surface area contributed by atoms with E-state index in [9.17, 15) is 18.0 Å². The molecule has 2 N–H and O–H groups in total. The van der Waals surface area contributed by atoms with Gasteiger partial charge in [0.2, 0.25) is 10.0 Å². The van der Waals surface area contributed by atoms with Crippen LogP contribution in [0.25, 0.3) is 0 Å². The zero-order valence-corrected chi connectivity index (χ0v) is 24.0. The molecular weight excluding hydrogens is 592 g/mol. The first-order valence-electron chi connectivity index (χ1n) is 12.7. The molecule has 0 aliphatic heterocycles. The van der Waals surface area contributed by atoms with Gasteiger partial charge < -0.3 is 10.1 Å². The van der Waals surface area contributed by atoms with E-state index in [1.165, 1.54) is 6.07 Å². The van der Waals surface area contributed by atoms with Crippen LogP contribution < -0.4 is 10.0 Å². The molecule has 1 amide bonds. The lowest BCUT2D eigenvalue weighted by atomic mass is 10.1. The molecule has 0 saturated carbocycles. The maximum absolute atomic E-state index is 13.4. The molecule has 0 aliphatic carbocycles. The fourth-order valence-corrected chi connectivity index (χ4v) is 6.32. The fourth-order valence-electron chi connectivity index (χ4n) is 4.13. The van der Waals surface area contributed by atoms with Gasteiger partial charge in [-0.1, -0.05) is 91.0 Å². The van der Waals surface area contributed by atoms with Crippen molar-refractivity contribution in [3.63, 3.8) is 0 Å². The largest absolute Gasteiger partial charge is 0.462 e. The van der Waals surface area contributed by atoms with E-state index in [1.54, 1.807) is 42.5 Å². The molecule has 4 aromatic carbocycles. The van der Waals surface area contributed by atoms with Gasteiger partial charge in [0.1, 0.15) is 12.6 Å². The minimum Gasteiger partial charge on any atom is -0.462 e. The molecule has 0 aliphatic rings. The summed E-state index contributed by atoms with van der Waals surface area (Å²) in [6.45, 7) is -0.144. The van der Waals surface area contributed by atoms with Crippen LogP contribution in [-0.2, 0) is 32.4 Å². The van der Waals surface area contributed by atoms with Gasteiger partial charge in [0.05, 0.1) is 10.9 Å². The van der Waals surface area contributed by atoms with Gasteiger partial charge in [0.15, 0.2) is 0 Å². The minimum absolute atomic E-state index is 0.0120. The number of amides is 1. The van der Waals surface area contributed by atoms with Crippen molar-refractivity contribution >= 4 is 37.8 Å². The smallest absolute Gasteiger partial charge is 0.324 e. The fraction of sp³-hybridized carbons (Fsp3) is 0.161. The Morgan fingerprint density at radius 1 is 0.725 bits per heavy atom. The van der Waals surface area contributed by atoms with Crippen LogP contribution in [-0.4, -0.2) is 39.0 Å². The molecule has 7 nitrogen and oxygen atoms in total. The summed E-state index contributed by atoms with van der Waals surface area (Å²) in [7, 11) is -4.06. The number of nitrogens with one attached hydrogen (secondary N) is 2. The van der Waals surface area contributed by atoms with Crippen LogP contribution >= 0.6 is 15.9 Å². The number of benzene rings is 4. The standard InChI is InChI=1S/C31H29BrN2O5S/c32-27-18-10-11-19-29(27)40(37,38)34-28(21-24-14-6-2-7-15-24)31(36)39-22-26(20-23-12-4-1-5-13-23)33-30(35)25-16-8-3-9-17-25/h1-19,26,28,34H,20-22H2,(H,33,35)/t26-,28+/m1/s1. The summed E-state index contributed by atoms with van der Waals surface area (Å²) in [6.07, 6.45) is 0.502. The van der Waals surface area contributed by atoms with Crippen LogP contribution in [0.3, 0.4) is 0 Å². The first-order chi connectivity index (χ1) is 19.3. The van der Waals surface area contributed by atoms with E-state index in [0.717, 1.165) is 11.1 Å². The van der Waals surface area contributed by atoms with Crippen LogP contribution in [0, 0.1) is 0 Å². The van der Waals surface area contributed by atoms with Crippen molar-refractivity contribution in [2.24, 2.45) is 0 Å². The average Bonchev–Trinajstić information content (AvgIpc) is 2.97. The highest BCUT2D eigenvalue weighted by Gasteiger charge is 2.29. The van der Waals surface area contributed by atoms with E-state index < -0.39 is 28.1 Å². The lowest BCUT2D eigenvalue weighted by Crippen LogP contribution is -2.46. The number of carbonyl (C=O) groups excluding carboxylic acids is 2. The summed E-state index contributed by atoms with van der Waals surface area (Å²) in [4.78, 5) is 26.3. The highest BCUT2D eigenvalue weighted by atomic mass is 79.9. The van der Waals surface area contributed by atoms with Gasteiger partial charge in [-0.2, -0.15) is 4.72 Å².